The molecule has 0 fully saturated rings. The van der Waals surface area contributed by atoms with Gasteiger partial charge >= 0.3 is 0 Å². The number of Topliss-reactive ketones (excluding diaryl/α,β-unsaturated/α-hetero) is 1. The fourth-order valence-corrected chi connectivity index (χ4v) is 2.65. The van der Waals surface area contributed by atoms with Gasteiger partial charge in [-0.2, -0.15) is 0 Å². The summed E-state index contributed by atoms with van der Waals surface area (Å²) >= 11 is 3.42. The summed E-state index contributed by atoms with van der Waals surface area (Å²) in [6, 6.07) is 7.88. The Hall–Kier alpha value is -0.670. The molecule has 0 saturated heterocycles. The Morgan fingerprint density at radius 1 is 1.28 bits per heavy atom. The minimum Gasteiger partial charge on any atom is -0.368 e. The summed E-state index contributed by atoms with van der Waals surface area (Å²) in [5.41, 5.74) is 0.414. The zero-order valence-corrected chi connectivity index (χ0v) is 12.9. The molecule has 1 aromatic carbocycles. The number of benzene rings is 1. The van der Waals surface area contributed by atoms with Gasteiger partial charge in [0.05, 0.1) is 0 Å². The van der Waals surface area contributed by atoms with Crippen LogP contribution in [0.25, 0.3) is 0 Å². The van der Waals surface area contributed by atoms with E-state index in [0.29, 0.717) is 13.0 Å². The van der Waals surface area contributed by atoms with Crippen molar-refractivity contribution in [3.8, 4) is 0 Å². The van der Waals surface area contributed by atoms with Gasteiger partial charge in [0.25, 0.3) is 0 Å². The van der Waals surface area contributed by atoms with Gasteiger partial charge in [0.2, 0.25) is 0 Å². The number of hydrogen-bond donors (Lipinski definition) is 0. The SMILES string of the molecule is CCOC(CC)(CC)C(=O)Cc1cccc(Br)c1. The van der Waals surface area contributed by atoms with Gasteiger partial charge in [0.15, 0.2) is 5.78 Å². The maximum absolute atomic E-state index is 12.5. The van der Waals surface area contributed by atoms with Crippen LogP contribution in [0.15, 0.2) is 28.7 Å². The van der Waals surface area contributed by atoms with Crippen molar-refractivity contribution in [3.05, 3.63) is 34.3 Å². The summed E-state index contributed by atoms with van der Waals surface area (Å²) in [5.74, 6) is 0.174. The monoisotopic (exact) mass is 312 g/mol. The molecule has 0 N–H and O–H groups in total. The number of rotatable bonds is 7. The largest absolute Gasteiger partial charge is 0.368 e. The first-order valence-electron chi connectivity index (χ1n) is 6.49. The molecule has 0 bridgehead atoms. The van der Waals surface area contributed by atoms with Crippen molar-refractivity contribution in [2.45, 2.75) is 45.6 Å². The smallest absolute Gasteiger partial charge is 0.168 e. The first-order chi connectivity index (χ1) is 8.57. The number of halogens is 1. The molecule has 0 aromatic heterocycles. The molecule has 0 radical (unpaired) electrons. The Bertz CT molecular complexity index is 397. The molecular formula is C15H21BrO2. The van der Waals surface area contributed by atoms with Crippen molar-refractivity contribution in [2.75, 3.05) is 6.61 Å². The number of carbonyl (C=O) groups excluding carboxylic acids is 1. The first-order valence-corrected chi connectivity index (χ1v) is 7.29. The standard InChI is InChI=1S/C15H21BrO2/c1-4-15(5-2,18-6-3)14(17)11-12-8-7-9-13(16)10-12/h7-10H,4-6,11H2,1-3H3. The van der Waals surface area contributed by atoms with E-state index in [4.69, 9.17) is 4.74 Å². The zero-order valence-electron chi connectivity index (χ0n) is 11.3. The highest BCUT2D eigenvalue weighted by atomic mass is 79.9. The fraction of sp³-hybridized carbons (Fsp3) is 0.533. The zero-order chi connectivity index (χ0) is 13.6. The van der Waals surface area contributed by atoms with Gasteiger partial charge in [-0.05, 0) is 37.5 Å². The second kappa shape index (κ2) is 7.05. The van der Waals surface area contributed by atoms with E-state index < -0.39 is 5.60 Å². The molecule has 100 valence electrons. The van der Waals surface area contributed by atoms with Crippen LogP contribution in [-0.2, 0) is 16.0 Å². The molecule has 0 aliphatic heterocycles. The Morgan fingerprint density at radius 3 is 2.44 bits per heavy atom. The Kier molecular flexibility index (Phi) is 6.03. The van der Waals surface area contributed by atoms with E-state index in [1.54, 1.807) is 0 Å². The molecule has 3 heteroatoms. The summed E-state index contributed by atoms with van der Waals surface area (Å²) in [5, 5.41) is 0. The summed E-state index contributed by atoms with van der Waals surface area (Å²) in [7, 11) is 0. The van der Waals surface area contributed by atoms with Crippen LogP contribution in [0.4, 0.5) is 0 Å². The maximum Gasteiger partial charge on any atom is 0.168 e. The first kappa shape index (κ1) is 15.4. The van der Waals surface area contributed by atoms with Gasteiger partial charge in [0, 0.05) is 17.5 Å². The molecule has 18 heavy (non-hydrogen) atoms. The molecular weight excluding hydrogens is 292 g/mol. The number of carbonyl (C=O) groups is 1. The third-order valence-electron chi connectivity index (χ3n) is 3.32. The van der Waals surface area contributed by atoms with Crippen LogP contribution in [0.3, 0.4) is 0 Å². The average molecular weight is 313 g/mol. The van der Waals surface area contributed by atoms with Crippen LogP contribution in [0.2, 0.25) is 0 Å². The molecule has 0 saturated carbocycles. The highest BCUT2D eigenvalue weighted by Gasteiger charge is 2.34. The second-order valence-electron chi connectivity index (χ2n) is 4.36. The molecule has 0 heterocycles. The third kappa shape index (κ3) is 3.66. The lowest BCUT2D eigenvalue weighted by molar-refractivity contribution is -0.144. The van der Waals surface area contributed by atoms with Gasteiger partial charge in [-0.25, -0.2) is 0 Å². The van der Waals surface area contributed by atoms with E-state index in [2.05, 4.69) is 15.9 Å². The second-order valence-corrected chi connectivity index (χ2v) is 5.28. The van der Waals surface area contributed by atoms with Gasteiger partial charge in [-0.15, -0.1) is 0 Å². The number of ketones is 1. The summed E-state index contributed by atoms with van der Waals surface area (Å²) < 4.78 is 6.73. The molecule has 0 unspecified atom stereocenters. The number of hydrogen-bond acceptors (Lipinski definition) is 2. The maximum atomic E-state index is 12.5. The molecule has 0 atom stereocenters. The predicted molar refractivity (Wildman–Crippen MR) is 77.8 cm³/mol. The van der Waals surface area contributed by atoms with Gasteiger partial charge < -0.3 is 4.74 Å². The van der Waals surface area contributed by atoms with Crippen molar-refractivity contribution in [1.82, 2.24) is 0 Å². The van der Waals surface area contributed by atoms with E-state index in [0.717, 1.165) is 22.9 Å². The van der Waals surface area contributed by atoms with Gasteiger partial charge in [-0.1, -0.05) is 41.9 Å². The van der Waals surface area contributed by atoms with E-state index in [1.165, 1.54) is 0 Å². The lowest BCUT2D eigenvalue weighted by Crippen LogP contribution is -2.41. The van der Waals surface area contributed by atoms with E-state index in [9.17, 15) is 4.79 Å². The van der Waals surface area contributed by atoms with E-state index >= 15 is 0 Å². The van der Waals surface area contributed by atoms with Crippen LogP contribution in [0, 0.1) is 0 Å². The molecule has 0 spiro atoms. The van der Waals surface area contributed by atoms with Crippen LogP contribution in [0.1, 0.15) is 39.2 Å². The normalized spacial score (nSPS) is 11.6. The molecule has 1 rings (SSSR count). The van der Waals surface area contributed by atoms with Gasteiger partial charge in [0.1, 0.15) is 5.60 Å². The van der Waals surface area contributed by atoms with Crippen molar-refractivity contribution in [1.29, 1.82) is 0 Å². The lowest BCUT2D eigenvalue weighted by Gasteiger charge is -2.30. The predicted octanol–water partition coefficient (Wildman–Crippen LogP) is 4.16. The van der Waals surface area contributed by atoms with Crippen molar-refractivity contribution < 1.29 is 9.53 Å². The van der Waals surface area contributed by atoms with Crippen molar-refractivity contribution in [2.24, 2.45) is 0 Å². The molecule has 0 amide bonds. The highest BCUT2D eigenvalue weighted by molar-refractivity contribution is 9.10. The Labute approximate surface area is 118 Å². The van der Waals surface area contributed by atoms with Crippen LogP contribution in [0.5, 0.6) is 0 Å². The van der Waals surface area contributed by atoms with Crippen molar-refractivity contribution in [3.63, 3.8) is 0 Å². The highest BCUT2D eigenvalue weighted by Crippen LogP contribution is 2.24. The molecule has 1 aromatic rings. The lowest BCUT2D eigenvalue weighted by atomic mass is 9.88. The summed E-state index contributed by atoms with van der Waals surface area (Å²) in [4.78, 5) is 12.5. The fourth-order valence-electron chi connectivity index (χ4n) is 2.20. The Morgan fingerprint density at radius 2 is 1.94 bits per heavy atom. The Balaban J connectivity index is 2.85. The average Bonchev–Trinajstić information content (AvgIpc) is 2.36. The van der Waals surface area contributed by atoms with Crippen LogP contribution < -0.4 is 0 Å². The summed E-state index contributed by atoms with van der Waals surface area (Å²) in [6.07, 6.45) is 1.88. The quantitative estimate of drug-likeness (QED) is 0.755. The van der Waals surface area contributed by atoms with E-state index in [1.807, 2.05) is 45.0 Å². The van der Waals surface area contributed by atoms with E-state index in [-0.39, 0.29) is 5.78 Å². The molecule has 2 nitrogen and oxygen atoms in total. The molecule has 0 aliphatic carbocycles. The minimum atomic E-state index is -0.614. The molecule has 0 aliphatic rings. The van der Waals surface area contributed by atoms with Crippen LogP contribution >= 0.6 is 15.9 Å². The summed E-state index contributed by atoms with van der Waals surface area (Å²) in [6.45, 7) is 6.54. The van der Waals surface area contributed by atoms with Crippen LogP contribution in [-0.4, -0.2) is 18.0 Å². The topological polar surface area (TPSA) is 26.3 Å². The van der Waals surface area contributed by atoms with Gasteiger partial charge in [-0.3, -0.25) is 4.79 Å². The third-order valence-corrected chi connectivity index (χ3v) is 3.82. The number of ether oxygens (including phenoxy) is 1. The van der Waals surface area contributed by atoms with Crippen molar-refractivity contribution >= 4 is 21.7 Å². The minimum absolute atomic E-state index is 0.174.